The summed E-state index contributed by atoms with van der Waals surface area (Å²) in [5.41, 5.74) is 2.99. The van der Waals surface area contributed by atoms with E-state index in [0.717, 1.165) is 19.0 Å². The van der Waals surface area contributed by atoms with Gasteiger partial charge in [-0.15, -0.1) is 0 Å². The lowest BCUT2D eigenvalue weighted by Gasteiger charge is -2.29. The van der Waals surface area contributed by atoms with Crippen molar-refractivity contribution in [1.82, 2.24) is 5.32 Å². The minimum Gasteiger partial charge on any atom is -0.315 e. The van der Waals surface area contributed by atoms with E-state index in [1.54, 1.807) is 0 Å². The molecule has 0 unspecified atom stereocenters. The van der Waals surface area contributed by atoms with Gasteiger partial charge in [0.25, 0.3) is 0 Å². The summed E-state index contributed by atoms with van der Waals surface area (Å²) in [5.74, 6) is 0.764. The highest BCUT2D eigenvalue weighted by Crippen LogP contribution is 2.25. The van der Waals surface area contributed by atoms with Gasteiger partial charge in [0.2, 0.25) is 0 Å². The minimum atomic E-state index is 0.764. The number of halogens is 1. The van der Waals surface area contributed by atoms with Crippen LogP contribution < -0.4 is 5.32 Å². The second kappa shape index (κ2) is 3.34. The second-order valence-corrected chi connectivity index (χ2v) is 4.47. The van der Waals surface area contributed by atoms with Crippen molar-refractivity contribution >= 4 is 22.6 Å². The number of rotatable bonds is 1. The van der Waals surface area contributed by atoms with Crippen LogP contribution in [0.25, 0.3) is 0 Å². The Kier molecular flexibility index (Phi) is 2.37. The molecule has 1 saturated heterocycles. The number of nitrogens with one attached hydrogen (secondary N) is 1. The van der Waals surface area contributed by atoms with E-state index in [1.807, 2.05) is 0 Å². The molecular formula is C10H12IN. The Hall–Kier alpha value is -0.0900. The first-order chi connectivity index (χ1) is 5.79. The lowest BCUT2D eigenvalue weighted by atomic mass is 9.90. The Bertz CT molecular complexity index is 292. The molecule has 0 saturated carbocycles. The third-order valence-electron chi connectivity index (χ3n) is 2.53. The molecule has 0 bridgehead atoms. The molecule has 1 heterocycles. The minimum absolute atomic E-state index is 0.764. The summed E-state index contributed by atoms with van der Waals surface area (Å²) in [6, 6.07) is 6.58. The van der Waals surface area contributed by atoms with Crippen LogP contribution in [0.2, 0.25) is 0 Å². The largest absolute Gasteiger partial charge is 0.315 e. The van der Waals surface area contributed by atoms with Crippen LogP contribution in [0.5, 0.6) is 0 Å². The van der Waals surface area contributed by atoms with E-state index in [0.29, 0.717) is 0 Å². The van der Waals surface area contributed by atoms with Gasteiger partial charge in [0, 0.05) is 22.6 Å². The Morgan fingerprint density at radius 3 is 2.75 bits per heavy atom. The van der Waals surface area contributed by atoms with Crippen LogP contribution in [-0.4, -0.2) is 13.1 Å². The van der Waals surface area contributed by atoms with Crippen LogP contribution in [0.3, 0.4) is 0 Å². The van der Waals surface area contributed by atoms with Gasteiger partial charge in [-0.3, -0.25) is 0 Å². The van der Waals surface area contributed by atoms with Crippen molar-refractivity contribution < 1.29 is 0 Å². The molecule has 2 rings (SSSR count). The molecule has 1 aliphatic heterocycles. The van der Waals surface area contributed by atoms with Crippen molar-refractivity contribution in [3.8, 4) is 0 Å². The van der Waals surface area contributed by atoms with E-state index in [9.17, 15) is 0 Å². The lowest BCUT2D eigenvalue weighted by Crippen LogP contribution is -2.40. The zero-order valence-electron chi connectivity index (χ0n) is 7.10. The first-order valence-electron chi connectivity index (χ1n) is 4.25. The van der Waals surface area contributed by atoms with E-state index < -0.39 is 0 Å². The molecule has 1 N–H and O–H groups in total. The van der Waals surface area contributed by atoms with Crippen LogP contribution in [0.1, 0.15) is 17.0 Å². The molecule has 64 valence electrons. The van der Waals surface area contributed by atoms with Crippen molar-refractivity contribution in [2.75, 3.05) is 13.1 Å². The van der Waals surface area contributed by atoms with Gasteiger partial charge in [-0.25, -0.2) is 0 Å². The van der Waals surface area contributed by atoms with Gasteiger partial charge in [0.1, 0.15) is 0 Å². The highest BCUT2D eigenvalue weighted by Gasteiger charge is 2.20. The fraction of sp³-hybridized carbons (Fsp3) is 0.400. The monoisotopic (exact) mass is 273 g/mol. The zero-order chi connectivity index (χ0) is 8.55. The van der Waals surface area contributed by atoms with Gasteiger partial charge < -0.3 is 5.32 Å². The Morgan fingerprint density at radius 2 is 2.17 bits per heavy atom. The lowest BCUT2D eigenvalue weighted by molar-refractivity contribution is 0.446. The van der Waals surface area contributed by atoms with E-state index in [2.05, 4.69) is 53.0 Å². The maximum absolute atomic E-state index is 3.30. The van der Waals surface area contributed by atoms with Crippen LogP contribution in [-0.2, 0) is 0 Å². The number of hydrogen-bond donors (Lipinski definition) is 1. The highest BCUT2D eigenvalue weighted by atomic mass is 127. The van der Waals surface area contributed by atoms with Crippen molar-refractivity contribution in [2.24, 2.45) is 0 Å². The molecule has 12 heavy (non-hydrogen) atoms. The second-order valence-electron chi connectivity index (χ2n) is 3.31. The molecule has 1 aliphatic rings. The Labute approximate surface area is 86.7 Å². The molecule has 2 heteroatoms. The predicted molar refractivity (Wildman–Crippen MR) is 59.5 cm³/mol. The third kappa shape index (κ3) is 1.38. The average Bonchev–Trinajstić information content (AvgIpc) is 1.95. The average molecular weight is 273 g/mol. The molecule has 1 fully saturated rings. The van der Waals surface area contributed by atoms with Crippen LogP contribution in [0.15, 0.2) is 18.2 Å². The van der Waals surface area contributed by atoms with Crippen molar-refractivity contribution in [3.05, 3.63) is 32.9 Å². The van der Waals surface area contributed by atoms with Gasteiger partial charge in [0.05, 0.1) is 0 Å². The third-order valence-corrected chi connectivity index (χ3v) is 3.70. The van der Waals surface area contributed by atoms with E-state index in [-0.39, 0.29) is 0 Å². The molecule has 0 aliphatic carbocycles. The van der Waals surface area contributed by atoms with Gasteiger partial charge in [-0.05, 0) is 46.7 Å². The fourth-order valence-corrected chi connectivity index (χ4v) is 2.09. The summed E-state index contributed by atoms with van der Waals surface area (Å²) in [5, 5.41) is 3.30. The zero-order valence-corrected chi connectivity index (χ0v) is 9.26. The maximum Gasteiger partial charge on any atom is 0.0162 e. The van der Waals surface area contributed by atoms with Gasteiger partial charge >= 0.3 is 0 Å². The van der Waals surface area contributed by atoms with Gasteiger partial charge in [-0.2, -0.15) is 0 Å². The smallest absolute Gasteiger partial charge is 0.0162 e. The molecule has 0 amide bonds. The van der Waals surface area contributed by atoms with Crippen molar-refractivity contribution in [1.29, 1.82) is 0 Å². The molecule has 0 atom stereocenters. The standard InChI is InChI=1S/C10H12IN/c1-7-9(8-5-12-6-8)3-2-4-10(7)11/h2-4,8,12H,5-6H2,1H3. The SMILES string of the molecule is Cc1c(I)cccc1C1CNC1. The highest BCUT2D eigenvalue weighted by molar-refractivity contribution is 14.1. The summed E-state index contributed by atoms with van der Waals surface area (Å²) in [4.78, 5) is 0. The maximum atomic E-state index is 3.30. The van der Waals surface area contributed by atoms with E-state index in [4.69, 9.17) is 0 Å². The Morgan fingerprint density at radius 1 is 1.42 bits per heavy atom. The predicted octanol–water partition coefficient (Wildman–Crippen LogP) is 2.29. The summed E-state index contributed by atoms with van der Waals surface area (Å²) >= 11 is 2.40. The summed E-state index contributed by atoms with van der Waals surface area (Å²) in [7, 11) is 0. The van der Waals surface area contributed by atoms with Crippen LogP contribution >= 0.6 is 22.6 Å². The van der Waals surface area contributed by atoms with Gasteiger partial charge in [0.15, 0.2) is 0 Å². The molecule has 0 radical (unpaired) electrons. The summed E-state index contributed by atoms with van der Waals surface area (Å²) in [6.45, 7) is 4.53. The van der Waals surface area contributed by atoms with Crippen molar-refractivity contribution in [3.63, 3.8) is 0 Å². The van der Waals surface area contributed by atoms with E-state index in [1.165, 1.54) is 14.7 Å². The molecule has 1 nitrogen and oxygen atoms in total. The molecule has 0 aromatic heterocycles. The van der Waals surface area contributed by atoms with Crippen LogP contribution in [0, 0.1) is 10.5 Å². The number of benzene rings is 1. The normalized spacial score (nSPS) is 17.5. The molecular weight excluding hydrogens is 261 g/mol. The quantitative estimate of drug-likeness (QED) is 0.774. The first kappa shape index (κ1) is 8.51. The number of hydrogen-bond acceptors (Lipinski definition) is 1. The topological polar surface area (TPSA) is 12.0 Å². The van der Waals surface area contributed by atoms with Gasteiger partial charge in [-0.1, -0.05) is 12.1 Å². The molecule has 1 aromatic rings. The Balaban J connectivity index is 2.36. The first-order valence-corrected chi connectivity index (χ1v) is 5.32. The fourth-order valence-electron chi connectivity index (χ4n) is 1.58. The van der Waals surface area contributed by atoms with E-state index >= 15 is 0 Å². The molecule has 0 spiro atoms. The molecule has 1 aromatic carbocycles. The summed E-state index contributed by atoms with van der Waals surface area (Å²) < 4.78 is 1.39. The van der Waals surface area contributed by atoms with Crippen molar-refractivity contribution in [2.45, 2.75) is 12.8 Å². The van der Waals surface area contributed by atoms with Crippen LogP contribution in [0.4, 0.5) is 0 Å². The summed E-state index contributed by atoms with van der Waals surface area (Å²) in [6.07, 6.45) is 0.